The monoisotopic (exact) mass is 506 g/mol. The minimum absolute atomic E-state index is 0.124. The molecule has 1 saturated carbocycles. The van der Waals surface area contributed by atoms with Gasteiger partial charge in [0.15, 0.2) is 6.61 Å². The fraction of sp³-hybridized carbons (Fsp3) is 0.462. The highest BCUT2D eigenvalue weighted by Gasteiger charge is 2.30. The molecule has 2 amide bonds. The topological polar surface area (TPSA) is 67.9 Å². The average Bonchev–Trinajstić information content (AvgIpc) is 2.84. The lowest BCUT2D eigenvalue weighted by atomic mass is 9.95. The Morgan fingerprint density at radius 2 is 1.79 bits per heavy atom. The highest BCUT2D eigenvalue weighted by molar-refractivity contribution is 6.35. The highest BCUT2D eigenvalue weighted by Crippen LogP contribution is 2.28. The van der Waals surface area contributed by atoms with Gasteiger partial charge in [-0.15, -0.1) is 0 Å². The van der Waals surface area contributed by atoms with Gasteiger partial charge in [0.2, 0.25) is 5.91 Å². The molecule has 0 bridgehead atoms. The van der Waals surface area contributed by atoms with Crippen LogP contribution in [-0.4, -0.2) is 42.5 Å². The molecule has 0 heterocycles. The van der Waals surface area contributed by atoms with Crippen molar-refractivity contribution in [3.8, 4) is 11.5 Å². The lowest BCUT2D eigenvalue weighted by Gasteiger charge is -2.32. The predicted octanol–water partition coefficient (Wildman–Crippen LogP) is 5.64. The average molecular weight is 507 g/mol. The Morgan fingerprint density at radius 3 is 2.41 bits per heavy atom. The number of hydrogen-bond donors (Lipinski definition) is 1. The number of benzene rings is 2. The standard InChI is InChI=1S/C26H32Cl2N2O4/c1-3-23(26(32)29-20-7-5-4-6-8-20)30(16-18-9-12-21(33-2)13-10-18)25(31)17-34-24-14-11-19(27)15-22(24)28/h9-15,20,23H,3-8,16-17H2,1-2H3,(H,29,32)/t23-/m0/s1. The van der Waals surface area contributed by atoms with Crippen LogP contribution in [0.2, 0.25) is 10.0 Å². The Kier molecular flexibility index (Phi) is 9.90. The molecule has 0 radical (unpaired) electrons. The summed E-state index contributed by atoms with van der Waals surface area (Å²) in [6.45, 7) is 1.94. The molecule has 8 heteroatoms. The van der Waals surface area contributed by atoms with Crippen LogP contribution in [0, 0.1) is 0 Å². The predicted molar refractivity (Wildman–Crippen MR) is 135 cm³/mol. The molecule has 0 spiro atoms. The van der Waals surface area contributed by atoms with Crippen molar-refractivity contribution in [3.05, 3.63) is 58.1 Å². The molecule has 1 aliphatic rings. The Hall–Kier alpha value is -2.44. The van der Waals surface area contributed by atoms with E-state index in [1.54, 1.807) is 30.2 Å². The van der Waals surface area contributed by atoms with Crippen LogP contribution in [0.4, 0.5) is 0 Å². The van der Waals surface area contributed by atoms with Crippen molar-refractivity contribution in [2.45, 2.75) is 64.1 Å². The smallest absolute Gasteiger partial charge is 0.261 e. The van der Waals surface area contributed by atoms with Crippen molar-refractivity contribution in [1.29, 1.82) is 0 Å². The zero-order valence-electron chi connectivity index (χ0n) is 19.7. The summed E-state index contributed by atoms with van der Waals surface area (Å²) in [6.07, 6.45) is 5.88. The number of ether oxygens (including phenoxy) is 2. The lowest BCUT2D eigenvalue weighted by molar-refractivity contribution is -0.143. The lowest BCUT2D eigenvalue weighted by Crippen LogP contribution is -2.52. The van der Waals surface area contributed by atoms with Crippen molar-refractivity contribution in [1.82, 2.24) is 10.2 Å². The summed E-state index contributed by atoms with van der Waals surface area (Å²) in [5, 5.41) is 3.97. The number of rotatable bonds is 10. The molecule has 1 N–H and O–H groups in total. The van der Waals surface area contributed by atoms with Crippen LogP contribution in [0.1, 0.15) is 51.0 Å². The first-order valence-electron chi connectivity index (χ1n) is 11.7. The Balaban J connectivity index is 1.77. The van der Waals surface area contributed by atoms with Gasteiger partial charge in [-0.25, -0.2) is 0 Å². The molecule has 0 unspecified atom stereocenters. The SMILES string of the molecule is CC[C@@H](C(=O)NC1CCCCC1)N(Cc1ccc(OC)cc1)C(=O)COc1ccc(Cl)cc1Cl. The number of halogens is 2. The molecule has 1 aliphatic carbocycles. The molecular formula is C26H32Cl2N2O4. The van der Waals surface area contributed by atoms with Gasteiger partial charge in [-0.2, -0.15) is 0 Å². The molecule has 1 atom stereocenters. The maximum Gasteiger partial charge on any atom is 0.261 e. The van der Waals surface area contributed by atoms with Crippen molar-refractivity contribution in [2.75, 3.05) is 13.7 Å². The first kappa shape index (κ1) is 26.2. The summed E-state index contributed by atoms with van der Waals surface area (Å²) in [5.41, 5.74) is 0.891. The highest BCUT2D eigenvalue weighted by atomic mass is 35.5. The summed E-state index contributed by atoms with van der Waals surface area (Å²) in [7, 11) is 1.60. The third-order valence-corrected chi connectivity index (χ3v) is 6.62. The van der Waals surface area contributed by atoms with Gasteiger partial charge in [-0.1, -0.05) is 61.5 Å². The summed E-state index contributed by atoms with van der Waals surface area (Å²) < 4.78 is 10.9. The van der Waals surface area contributed by atoms with Gasteiger partial charge in [-0.3, -0.25) is 9.59 Å². The van der Waals surface area contributed by atoms with E-state index < -0.39 is 6.04 Å². The quantitative estimate of drug-likeness (QED) is 0.452. The van der Waals surface area contributed by atoms with Crippen LogP contribution < -0.4 is 14.8 Å². The van der Waals surface area contributed by atoms with Gasteiger partial charge in [0.1, 0.15) is 17.5 Å². The molecular weight excluding hydrogens is 475 g/mol. The maximum atomic E-state index is 13.3. The first-order valence-corrected chi connectivity index (χ1v) is 12.5. The van der Waals surface area contributed by atoms with Gasteiger partial charge >= 0.3 is 0 Å². The number of nitrogens with one attached hydrogen (secondary N) is 1. The third kappa shape index (κ3) is 7.28. The van der Waals surface area contributed by atoms with E-state index in [1.165, 1.54) is 6.42 Å². The van der Waals surface area contributed by atoms with Gasteiger partial charge in [0.25, 0.3) is 5.91 Å². The van der Waals surface area contributed by atoms with Crippen LogP contribution in [0.5, 0.6) is 11.5 Å². The van der Waals surface area contributed by atoms with E-state index in [0.29, 0.717) is 22.2 Å². The molecule has 1 fully saturated rings. The fourth-order valence-corrected chi connectivity index (χ4v) is 4.67. The first-order chi connectivity index (χ1) is 16.4. The summed E-state index contributed by atoms with van der Waals surface area (Å²) in [6, 6.07) is 11.8. The Labute approximate surface area is 211 Å². The van der Waals surface area contributed by atoms with Gasteiger partial charge in [-0.05, 0) is 55.2 Å². The molecule has 0 aromatic heterocycles. The zero-order chi connectivity index (χ0) is 24.5. The van der Waals surface area contributed by atoms with Crippen molar-refractivity contribution >= 4 is 35.0 Å². The molecule has 0 aliphatic heterocycles. The van der Waals surface area contributed by atoms with E-state index in [0.717, 1.165) is 37.0 Å². The molecule has 0 saturated heterocycles. The Morgan fingerprint density at radius 1 is 1.09 bits per heavy atom. The minimum atomic E-state index is -0.610. The summed E-state index contributed by atoms with van der Waals surface area (Å²) >= 11 is 12.1. The number of carbonyl (C=O) groups is 2. The summed E-state index contributed by atoms with van der Waals surface area (Å²) in [4.78, 5) is 28.2. The normalized spacial score (nSPS) is 14.8. The minimum Gasteiger partial charge on any atom is -0.497 e. The maximum absolute atomic E-state index is 13.3. The molecule has 34 heavy (non-hydrogen) atoms. The van der Waals surface area contributed by atoms with Crippen molar-refractivity contribution in [3.63, 3.8) is 0 Å². The van der Waals surface area contributed by atoms with Crippen molar-refractivity contribution < 1.29 is 19.1 Å². The molecule has 2 aromatic rings. The summed E-state index contributed by atoms with van der Waals surface area (Å²) in [5.74, 6) is 0.668. The second-order valence-corrected chi connectivity index (χ2v) is 9.34. The number of nitrogens with zero attached hydrogens (tertiary/aromatic N) is 1. The fourth-order valence-electron chi connectivity index (χ4n) is 4.21. The second kappa shape index (κ2) is 12.9. The van der Waals surface area contributed by atoms with E-state index in [-0.39, 0.29) is 31.0 Å². The van der Waals surface area contributed by atoms with Gasteiger partial charge < -0.3 is 19.7 Å². The van der Waals surface area contributed by atoms with E-state index in [9.17, 15) is 9.59 Å². The van der Waals surface area contributed by atoms with E-state index in [1.807, 2.05) is 31.2 Å². The van der Waals surface area contributed by atoms with E-state index >= 15 is 0 Å². The van der Waals surface area contributed by atoms with Gasteiger partial charge in [0.05, 0.1) is 12.1 Å². The number of methoxy groups -OCH3 is 1. The number of carbonyl (C=O) groups excluding carboxylic acids is 2. The third-order valence-electron chi connectivity index (χ3n) is 6.09. The van der Waals surface area contributed by atoms with Crippen LogP contribution >= 0.6 is 23.2 Å². The molecule has 6 nitrogen and oxygen atoms in total. The van der Waals surface area contributed by atoms with Gasteiger partial charge in [0, 0.05) is 17.6 Å². The van der Waals surface area contributed by atoms with E-state index in [2.05, 4.69) is 5.32 Å². The zero-order valence-corrected chi connectivity index (χ0v) is 21.2. The second-order valence-electron chi connectivity index (χ2n) is 8.50. The number of hydrogen-bond acceptors (Lipinski definition) is 4. The van der Waals surface area contributed by atoms with Crippen LogP contribution in [0.3, 0.4) is 0 Å². The van der Waals surface area contributed by atoms with Crippen LogP contribution in [-0.2, 0) is 16.1 Å². The van der Waals surface area contributed by atoms with Crippen molar-refractivity contribution in [2.24, 2.45) is 0 Å². The van der Waals surface area contributed by atoms with E-state index in [4.69, 9.17) is 32.7 Å². The number of amides is 2. The molecule has 2 aromatic carbocycles. The molecule has 184 valence electrons. The van der Waals surface area contributed by atoms with Crippen LogP contribution in [0.25, 0.3) is 0 Å². The Bertz CT molecular complexity index is 962. The van der Waals surface area contributed by atoms with Crippen LogP contribution in [0.15, 0.2) is 42.5 Å². The largest absolute Gasteiger partial charge is 0.497 e. The molecule has 3 rings (SSSR count).